The van der Waals surface area contributed by atoms with Crippen LogP contribution in [-0.2, 0) is 23.7 Å². The van der Waals surface area contributed by atoms with Crippen molar-refractivity contribution in [2.24, 2.45) is 0 Å². The van der Waals surface area contributed by atoms with E-state index in [0.29, 0.717) is 12.8 Å². The van der Waals surface area contributed by atoms with Gasteiger partial charge in [-0.3, -0.25) is 4.79 Å². The summed E-state index contributed by atoms with van der Waals surface area (Å²) in [7, 11) is 0. The maximum Gasteiger partial charge on any atom is 0.220 e. The van der Waals surface area contributed by atoms with Gasteiger partial charge in [0.05, 0.1) is 32.0 Å². The quantitative estimate of drug-likeness (QED) is 0.0259. The Morgan fingerprint density at radius 1 is 0.438 bits per heavy atom. The number of hydrogen-bond donors (Lipinski definition) is 9. The Morgan fingerprint density at radius 2 is 0.781 bits per heavy atom. The Morgan fingerprint density at radius 3 is 1.16 bits per heavy atom. The molecule has 0 saturated carbocycles. The highest BCUT2D eigenvalue weighted by Gasteiger charge is 2.51. The van der Waals surface area contributed by atoms with Crippen molar-refractivity contribution < 1.29 is 64.6 Å². The Hall–Kier alpha value is -1.01. The highest BCUT2D eigenvalue weighted by Crippen LogP contribution is 2.30. The summed E-state index contributed by atoms with van der Waals surface area (Å²) in [6.07, 6.45) is 33.9. The summed E-state index contributed by atoms with van der Waals surface area (Å²) in [4.78, 5) is 13.3. The summed E-state index contributed by atoms with van der Waals surface area (Å²) in [6.45, 7) is 2.90. The maximum absolute atomic E-state index is 13.3. The first-order valence-corrected chi connectivity index (χ1v) is 30.8. The van der Waals surface area contributed by atoms with E-state index in [1.165, 1.54) is 199 Å². The van der Waals surface area contributed by atoms with Crippen LogP contribution in [0.5, 0.6) is 0 Å². The molecule has 0 aromatic heterocycles. The smallest absolute Gasteiger partial charge is 0.220 e. The summed E-state index contributed by atoms with van der Waals surface area (Å²) in [5.41, 5.74) is 0. The van der Waals surface area contributed by atoms with Crippen LogP contribution in [0.2, 0.25) is 0 Å². The molecule has 0 bridgehead atoms. The molecule has 0 aliphatic carbocycles. The molecule has 14 nitrogen and oxygen atoms in total. The van der Waals surface area contributed by atoms with Gasteiger partial charge in [-0.1, -0.05) is 258 Å². The predicted octanol–water partition coefficient (Wildman–Crippen LogP) is 10.5. The highest BCUT2D eigenvalue weighted by molar-refractivity contribution is 5.76. The molecule has 1 amide bonds. The molecule has 2 saturated heterocycles. The molecular formula is C59H115NO13. The van der Waals surface area contributed by atoms with Crippen LogP contribution in [0.1, 0.15) is 277 Å². The third-order valence-corrected chi connectivity index (χ3v) is 15.6. The van der Waals surface area contributed by atoms with Crippen LogP contribution in [-0.4, -0.2) is 140 Å². The van der Waals surface area contributed by atoms with E-state index in [1.54, 1.807) is 0 Å². The van der Waals surface area contributed by atoms with Crippen molar-refractivity contribution in [1.29, 1.82) is 0 Å². The van der Waals surface area contributed by atoms with Crippen molar-refractivity contribution in [1.82, 2.24) is 5.32 Å². The van der Waals surface area contributed by atoms with Gasteiger partial charge in [-0.2, -0.15) is 0 Å². The number of unbranched alkanes of at least 4 members (excludes halogenated alkanes) is 37. The summed E-state index contributed by atoms with van der Waals surface area (Å²) in [5.74, 6) is -0.200. The lowest BCUT2D eigenvalue weighted by Crippen LogP contribution is -2.65. The van der Waals surface area contributed by atoms with Crippen LogP contribution in [0.3, 0.4) is 0 Å². The van der Waals surface area contributed by atoms with Crippen LogP contribution >= 0.6 is 0 Å². The summed E-state index contributed by atoms with van der Waals surface area (Å²) in [5, 5.41) is 87.3. The number of hydrogen-bond acceptors (Lipinski definition) is 13. The van der Waals surface area contributed by atoms with E-state index in [4.69, 9.17) is 18.9 Å². The molecule has 2 heterocycles. The second-order valence-electron chi connectivity index (χ2n) is 22.2. The molecule has 0 aromatic rings. The topological polar surface area (TPSA) is 228 Å². The van der Waals surface area contributed by atoms with E-state index in [2.05, 4.69) is 19.2 Å². The van der Waals surface area contributed by atoms with Crippen LogP contribution in [0, 0.1) is 0 Å². The minimum Gasteiger partial charge on any atom is -0.394 e. The third-order valence-electron chi connectivity index (χ3n) is 15.6. The molecule has 2 aliphatic rings. The number of carbonyl (C=O) groups is 1. The van der Waals surface area contributed by atoms with Gasteiger partial charge >= 0.3 is 0 Å². The van der Waals surface area contributed by atoms with E-state index in [-0.39, 0.29) is 12.5 Å². The molecule has 4 unspecified atom stereocenters. The van der Waals surface area contributed by atoms with E-state index < -0.39 is 86.8 Å². The van der Waals surface area contributed by atoms with Crippen molar-refractivity contribution in [3.05, 3.63) is 0 Å². The highest BCUT2D eigenvalue weighted by atomic mass is 16.7. The molecule has 2 rings (SSSR count). The normalized spacial score (nSPS) is 25.3. The second kappa shape index (κ2) is 46.0. The SMILES string of the molecule is CCCCCCCCCCCCCCCCCCCCCCCCCCC(=O)N[C@@H](CO[C@@H]1O[C@H](CO)[C@@H](O[C@@H]2O[C@H](CO)[C@H](O)C(O)C2O)C(O)C1O)[C@H](O)CCCCCCCCCCCCCCCCC. The first kappa shape index (κ1) is 68.1. The average Bonchev–Trinajstić information content (AvgIpc) is 3.39. The lowest BCUT2D eigenvalue weighted by Gasteiger charge is -2.46. The molecule has 9 N–H and O–H groups in total. The van der Waals surface area contributed by atoms with Crippen LogP contribution in [0.4, 0.5) is 0 Å². The zero-order chi connectivity index (χ0) is 53.2. The third kappa shape index (κ3) is 31.9. The van der Waals surface area contributed by atoms with E-state index in [9.17, 15) is 45.6 Å². The number of carbonyl (C=O) groups excluding carboxylic acids is 1. The Balaban J connectivity index is 1.71. The van der Waals surface area contributed by atoms with Crippen molar-refractivity contribution in [3.8, 4) is 0 Å². The van der Waals surface area contributed by atoms with Crippen LogP contribution in [0.25, 0.3) is 0 Å². The molecule has 14 heteroatoms. The van der Waals surface area contributed by atoms with Crippen molar-refractivity contribution in [3.63, 3.8) is 0 Å². The molecule has 2 aliphatic heterocycles. The fourth-order valence-corrected chi connectivity index (χ4v) is 10.6. The maximum atomic E-state index is 13.3. The van der Waals surface area contributed by atoms with Gasteiger partial charge in [0.25, 0.3) is 0 Å². The van der Waals surface area contributed by atoms with Gasteiger partial charge < -0.3 is 65.1 Å². The summed E-state index contributed by atoms with van der Waals surface area (Å²) in [6, 6.07) is -0.822. The Labute approximate surface area is 444 Å². The van der Waals surface area contributed by atoms with Crippen LogP contribution in [0.15, 0.2) is 0 Å². The average molecular weight is 1050 g/mol. The predicted molar refractivity (Wildman–Crippen MR) is 291 cm³/mol. The fourth-order valence-electron chi connectivity index (χ4n) is 10.6. The number of nitrogens with one attached hydrogen (secondary N) is 1. The van der Waals surface area contributed by atoms with Gasteiger partial charge in [-0.05, 0) is 12.8 Å². The monoisotopic (exact) mass is 1050 g/mol. The Kier molecular flexibility index (Phi) is 42.9. The summed E-state index contributed by atoms with van der Waals surface area (Å²) >= 11 is 0. The Bertz CT molecular complexity index is 1230. The molecule has 434 valence electrons. The minimum absolute atomic E-state index is 0.200. The molecule has 12 atom stereocenters. The van der Waals surface area contributed by atoms with E-state index >= 15 is 0 Å². The number of amides is 1. The number of ether oxygens (including phenoxy) is 4. The first-order valence-electron chi connectivity index (χ1n) is 30.8. The van der Waals surface area contributed by atoms with Crippen LogP contribution < -0.4 is 5.32 Å². The van der Waals surface area contributed by atoms with Crippen molar-refractivity contribution in [2.75, 3.05) is 19.8 Å². The molecular weight excluding hydrogens is 931 g/mol. The standard InChI is InChI=1S/C59H115NO13/c1-3-5-7-9-11-13-15-17-19-20-21-22-23-24-25-26-27-29-31-33-35-37-39-41-43-51(64)60-47(48(63)42-40-38-36-34-32-30-28-18-16-14-12-10-8-6-4-2)46-70-58-56(69)54(67)57(50(45-62)72-58)73-59-55(68)53(66)52(65)49(44-61)71-59/h47-50,52-59,61-63,65-69H,3-46H2,1-2H3,(H,60,64)/t47-,48+,49+,50+,52-,53?,54?,55?,56?,57+,58+,59-/m0/s1. The number of rotatable bonds is 50. The van der Waals surface area contributed by atoms with E-state index in [0.717, 1.165) is 51.4 Å². The van der Waals surface area contributed by atoms with Gasteiger partial charge in [0.2, 0.25) is 5.91 Å². The van der Waals surface area contributed by atoms with Gasteiger partial charge in [-0.15, -0.1) is 0 Å². The van der Waals surface area contributed by atoms with Crippen molar-refractivity contribution >= 4 is 5.91 Å². The summed E-state index contributed by atoms with van der Waals surface area (Å²) < 4.78 is 22.8. The lowest BCUT2D eigenvalue weighted by atomic mass is 9.97. The van der Waals surface area contributed by atoms with Crippen molar-refractivity contribution in [2.45, 2.75) is 351 Å². The first-order chi connectivity index (χ1) is 35.6. The molecule has 0 spiro atoms. The number of aliphatic hydroxyl groups excluding tert-OH is 8. The second-order valence-corrected chi connectivity index (χ2v) is 22.2. The zero-order valence-corrected chi connectivity index (χ0v) is 46.7. The number of aliphatic hydroxyl groups is 8. The molecule has 0 aromatic carbocycles. The van der Waals surface area contributed by atoms with Gasteiger partial charge in [0.1, 0.15) is 48.8 Å². The van der Waals surface area contributed by atoms with Gasteiger partial charge in [0.15, 0.2) is 12.6 Å². The van der Waals surface area contributed by atoms with E-state index in [1.807, 2.05) is 0 Å². The molecule has 73 heavy (non-hydrogen) atoms. The van der Waals surface area contributed by atoms with Gasteiger partial charge in [0, 0.05) is 6.42 Å². The zero-order valence-electron chi connectivity index (χ0n) is 46.7. The van der Waals surface area contributed by atoms with Gasteiger partial charge in [-0.25, -0.2) is 0 Å². The minimum atomic E-state index is -1.78. The fraction of sp³-hybridized carbons (Fsp3) is 0.983. The molecule has 2 fully saturated rings. The molecule has 0 radical (unpaired) electrons. The largest absolute Gasteiger partial charge is 0.394 e. The lowest BCUT2D eigenvalue weighted by molar-refractivity contribution is -0.359.